The molecule has 5 heteroatoms. The average molecular weight is 221 g/mol. The van der Waals surface area contributed by atoms with Crippen LogP contribution in [0.25, 0.3) is 0 Å². The first kappa shape index (κ1) is 10.7. The Labute approximate surface area is 93.9 Å². The molecule has 0 spiro atoms. The molecule has 0 unspecified atom stereocenters. The van der Waals surface area contributed by atoms with Crippen molar-refractivity contribution in [1.29, 1.82) is 0 Å². The molecule has 2 heterocycles. The Hall–Kier alpha value is -1.78. The second-order valence-electron chi connectivity index (χ2n) is 4.16. The Kier molecular flexibility index (Phi) is 2.68. The number of anilines is 1. The van der Waals surface area contributed by atoms with Crippen molar-refractivity contribution in [1.82, 2.24) is 10.3 Å². The van der Waals surface area contributed by atoms with Gasteiger partial charge in [-0.2, -0.15) is 0 Å². The number of carbonyl (C=O) groups is 1. The summed E-state index contributed by atoms with van der Waals surface area (Å²) in [6.07, 6.45) is 0.669. The quantitative estimate of drug-likeness (QED) is 0.676. The molecule has 1 amide bonds. The van der Waals surface area contributed by atoms with Crippen LogP contribution < -0.4 is 10.6 Å². The third-order valence-corrected chi connectivity index (χ3v) is 3.11. The summed E-state index contributed by atoms with van der Waals surface area (Å²) in [6.45, 7) is 4.05. The smallest absolute Gasteiger partial charge is 0.405 e. The maximum Gasteiger partial charge on any atom is 0.405 e. The van der Waals surface area contributed by atoms with E-state index in [1.165, 1.54) is 0 Å². The number of pyridine rings is 1. The largest absolute Gasteiger partial charge is 0.465 e. The summed E-state index contributed by atoms with van der Waals surface area (Å²) in [4.78, 5) is 15.0. The Morgan fingerprint density at radius 2 is 2.31 bits per heavy atom. The van der Waals surface area contributed by atoms with E-state index >= 15 is 0 Å². The number of aromatic nitrogens is 1. The first-order valence-electron chi connectivity index (χ1n) is 5.30. The van der Waals surface area contributed by atoms with Gasteiger partial charge in [0.05, 0.1) is 17.4 Å². The minimum absolute atomic E-state index is 0.165. The molecule has 3 N–H and O–H groups in total. The van der Waals surface area contributed by atoms with Crippen LogP contribution in [0.15, 0.2) is 18.3 Å². The zero-order valence-electron chi connectivity index (χ0n) is 9.27. The van der Waals surface area contributed by atoms with Crippen LogP contribution in [0.1, 0.15) is 25.6 Å². The summed E-state index contributed by atoms with van der Waals surface area (Å²) in [7, 11) is 0. The van der Waals surface area contributed by atoms with Crippen molar-refractivity contribution in [3.05, 3.63) is 24.0 Å². The standard InChI is InChI=1S/C11H15N3O2/c1-6-7(2)13-8-4-3-5-12-10(8)9(6)14-11(15)16/h3-7,9,13-14H,1-2H3,(H,15,16)/t6-,7+,9-/m1/s1. The lowest BCUT2D eigenvalue weighted by Gasteiger charge is -2.36. The summed E-state index contributed by atoms with van der Waals surface area (Å²) in [5.41, 5.74) is 1.68. The molecule has 16 heavy (non-hydrogen) atoms. The average Bonchev–Trinajstić information content (AvgIpc) is 2.24. The van der Waals surface area contributed by atoms with Crippen LogP contribution in [-0.2, 0) is 0 Å². The SMILES string of the molecule is C[C@@H]1[C@H](C)Nc2cccnc2[C@@H]1NC(=O)O. The fourth-order valence-corrected chi connectivity index (χ4v) is 2.03. The fourth-order valence-electron chi connectivity index (χ4n) is 2.03. The first-order valence-corrected chi connectivity index (χ1v) is 5.30. The molecule has 0 aliphatic carbocycles. The predicted octanol–water partition coefficient (Wildman–Crippen LogP) is 1.84. The van der Waals surface area contributed by atoms with Crippen molar-refractivity contribution in [3.63, 3.8) is 0 Å². The van der Waals surface area contributed by atoms with E-state index in [2.05, 4.69) is 15.6 Å². The third kappa shape index (κ3) is 1.80. The van der Waals surface area contributed by atoms with Gasteiger partial charge in [-0.25, -0.2) is 4.79 Å². The minimum Gasteiger partial charge on any atom is -0.465 e. The highest BCUT2D eigenvalue weighted by Gasteiger charge is 2.33. The van der Waals surface area contributed by atoms with E-state index in [-0.39, 0.29) is 18.0 Å². The lowest BCUT2D eigenvalue weighted by atomic mass is 9.87. The van der Waals surface area contributed by atoms with E-state index in [1.54, 1.807) is 6.20 Å². The van der Waals surface area contributed by atoms with Gasteiger partial charge in [0.25, 0.3) is 0 Å². The molecule has 0 fully saturated rings. The Bertz CT molecular complexity index is 408. The lowest BCUT2D eigenvalue weighted by Crippen LogP contribution is -2.42. The Balaban J connectivity index is 2.37. The summed E-state index contributed by atoms with van der Waals surface area (Å²) < 4.78 is 0. The predicted molar refractivity (Wildman–Crippen MR) is 60.4 cm³/mol. The topological polar surface area (TPSA) is 74.2 Å². The molecule has 1 aromatic rings. The normalized spacial score (nSPS) is 27.8. The first-order chi connectivity index (χ1) is 7.59. The van der Waals surface area contributed by atoms with Crippen molar-refractivity contribution in [2.75, 3.05) is 5.32 Å². The van der Waals surface area contributed by atoms with E-state index < -0.39 is 6.09 Å². The molecule has 0 saturated carbocycles. The number of amides is 1. The van der Waals surface area contributed by atoms with Gasteiger partial charge >= 0.3 is 6.09 Å². The zero-order chi connectivity index (χ0) is 11.7. The second-order valence-corrected chi connectivity index (χ2v) is 4.16. The van der Waals surface area contributed by atoms with Gasteiger partial charge in [-0.1, -0.05) is 6.92 Å². The number of rotatable bonds is 1. The number of hydrogen-bond acceptors (Lipinski definition) is 3. The Morgan fingerprint density at radius 1 is 1.56 bits per heavy atom. The summed E-state index contributed by atoms with van der Waals surface area (Å²) in [5, 5.41) is 14.7. The number of hydrogen-bond donors (Lipinski definition) is 3. The molecule has 2 rings (SSSR count). The number of nitrogens with zero attached hydrogens (tertiary/aromatic N) is 1. The van der Waals surface area contributed by atoms with E-state index in [4.69, 9.17) is 5.11 Å². The van der Waals surface area contributed by atoms with Crippen molar-refractivity contribution < 1.29 is 9.90 Å². The highest BCUT2D eigenvalue weighted by molar-refractivity contribution is 5.66. The van der Waals surface area contributed by atoms with Crippen molar-refractivity contribution in [2.45, 2.75) is 25.9 Å². The van der Waals surface area contributed by atoms with E-state index in [1.807, 2.05) is 26.0 Å². The van der Waals surface area contributed by atoms with Crippen molar-refractivity contribution >= 4 is 11.8 Å². The van der Waals surface area contributed by atoms with Crippen LogP contribution in [0, 0.1) is 5.92 Å². The molecule has 0 radical (unpaired) electrons. The lowest BCUT2D eigenvalue weighted by molar-refractivity contribution is 0.182. The van der Waals surface area contributed by atoms with Crippen LogP contribution >= 0.6 is 0 Å². The van der Waals surface area contributed by atoms with Gasteiger partial charge < -0.3 is 15.7 Å². The van der Waals surface area contributed by atoms with Crippen molar-refractivity contribution in [3.8, 4) is 0 Å². The van der Waals surface area contributed by atoms with Gasteiger partial charge in [0.2, 0.25) is 0 Å². The molecule has 1 aromatic heterocycles. The van der Waals surface area contributed by atoms with Crippen LogP contribution in [-0.4, -0.2) is 22.2 Å². The highest BCUT2D eigenvalue weighted by atomic mass is 16.4. The van der Waals surface area contributed by atoms with Gasteiger partial charge in [0, 0.05) is 18.2 Å². The molecule has 5 nitrogen and oxygen atoms in total. The van der Waals surface area contributed by atoms with Crippen LogP contribution in [0.2, 0.25) is 0 Å². The molecular formula is C11H15N3O2. The van der Waals surface area contributed by atoms with Crippen molar-refractivity contribution in [2.24, 2.45) is 5.92 Å². The van der Waals surface area contributed by atoms with Gasteiger partial charge in [-0.15, -0.1) is 0 Å². The van der Waals surface area contributed by atoms with E-state index in [0.29, 0.717) is 0 Å². The molecule has 3 atom stereocenters. The maximum atomic E-state index is 10.8. The van der Waals surface area contributed by atoms with Crippen LogP contribution in [0.3, 0.4) is 0 Å². The number of fused-ring (bicyclic) bond motifs is 1. The molecular weight excluding hydrogens is 206 g/mol. The minimum atomic E-state index is -1.01. The van der Waals surface area contributed by atoms with E-state index in [9.17, 15) is 4.79 Å². The molecule has 1 aliphatic heterocycles. The second kappa shape index (κ2) is 4.00. The highest BCUT2D eigenvalue weighted by Crippen LogP contribution is 2.34. The van der Waals surface area contributed by atoms with Crippen LogP contribution in [0.4, 0.5) is 10.5 Å². The third-order valence-electron chi connectivity index (χ3n) is 3.11. The molecule has 86 valence electrons. The molecule has 0 aromatic carbocycles. The van der Waals surface area contributed by atoms with Gasteiger partial charge in [-0.05, 0) is 19.1 Å². The number of nitrogens with one attached hydrogen (secondary N) is 2. The fraction of sp³-hybridized carbons (Fsp3) is 0.455. The molecule has 0 saturated heterocycles. The molecule has 0 bridgehead atoms. The summed E-state index contributed by atoms with van der Waals surface area (Å²) in [5.74, 6) is 0.165. The summed E-state index contributed by atoms with van der Waals surface area (Å²) >= 11 is 0. The van der Waals surface area contributed by atoms with E-state index in [0.717, 1.165) is 11.4 Å². The molecule has 1 aliphatic rings. The van der Waals surface area contributed by atoms with Gasteiger partial charge in [0.15, 0.2) is 0 Å². The summed E-state index contributed by atoms with van der Waals surface area (Å²) in [6, 6.07) is 3.73. The zero-order valence-corrected chi connectivity index (χ0v) is 9.27. The van der Waals surface area contributed by atoms with Gasteiger partial charge in [-0.3, -0.25) is 4.98 Å². The Morgan fingerprint density at radius 3 is 3.00 bits per heavy atom. The maximum absolute atomic E-state index is 10.8. The van der Waals surface area contributed by atoms with Crippen LogP contribution in [0.5, 0.6) is 0 Å². The number of carboxylic acid groups (broad SMARTS) is 1. The van der Waals surface area contributed by atoms with Gasteiger partial charge in [0.1, 0.15) is 0 Å². The monoisotopic (exact) mass is 221 g/mol.